The number of carbonyl (C=O) groups is 1. The molecule has 0 radical (unpaired) electrons. The minimum Gasteiger partial charge on any atom is -0.466 e. The van der Waals surface area contributed by atoms with E-state index in [1.807, 2.05) is 5.40 Å². The number of nitrogens with zero attached hydrogens (tertiary/aromatic N) is 1. The van der Waals surface area contributed by atoms with Crippen molar-refractivity contribution in [3.05, 3.63) is 0 Å². The Morgan fingerprint density at radius 2 is 2.00 bits per heavy atom. The SMILES string of the molecule is N#CSCCCCC(=O)OCCCC1CCCCC1. The minimum atomic E-state index is -0.0781. The van der Waals surface area contributed by atoms with Gasteiger partial charge in [-0.05, 0) is 43.4 Å². The minimum absolute atomic E-state index is 0.0781. The van der Waals surface area contributed by atoms with Gasteiger partial charge in [0.1, 0.15) is 5.40 Å². The molecule has 1 aliphatic carbocycles. The van der Waals surface area contributed by atoms with Gasteiger partial charge >= 0.3 is 5.97 Å². The van der Waals surface area contributed by atoms with Crippen LogP contribution < -0.4 is 0 Å². The van der Waals surface area contributed by atoms with Gasteiger partial charge in [-0.3, -0.25) is 4.79 Å². The van der Waals surface area contributed by atoms with E-state index in [0.717, 1.165) is 30.9 Å². The van der Waals surface area contributed by atoms with Crippen LogP contribution in [0.2, 0.25) is 0 Å². The Balaban J connectivity index is 1.88. The number of esters is 1. The standard InChI is InChI=1S/C15H25NO2S/c16-13-19-12-5-4-10-15(17)18-11-6-9-14-7-2-1-3-8-14/h14H,1-12H2. The van der Waals surface area contributed by atoms with Crippen molar-refractivity contribution in [2.75, 3.05) is 12.4 Å². The first-order valence-electron chi connectivity index (χ1n) is 7.49. The number of hydrogen-bond acceptors (Lipinski definition) is 4. The zero-order valence-electron chi connectivity index (χ0n) is 11.7. The molecule has 0 saturated heterocycles. The van der Waals surface area contributed by atoms with Crippen LogP contribution in [-0.4, -0.2) is 18.3 Å². The number of rotatable bonds is 9. The van der Waals surface area contributed by atoms with Gasteiger partial charge in [-0.15, -0.1) is 0 Å². The first-order chi connectivity index (χ1) is 9.33. The maximum absolute atomic E-state index is 11.4. The van der Waals surface area contributed by atoms with Gasteiger partial charge in [0, 0.05) is 12.2 Å². The maximum atomic E-state index is 11.4. The number of thiocyanates is 1. The van der Waals surface area contributed by atoms with Crippen LogP contribution in [0.5, 0.6) is 0 Å². The lowest BCUT2D eigenvalue weighted by atomic mass is 9.86. The summed E-state index contributed by atoms with van der Waals surface area (Å²) in [5.74, 6) is 1.60. The van der Waals surface area contributed by atoms with Crippen molar-refractivity contribution in [2.24, 2.45) is 5.92 Å². The number of unbranched alkanes of at least 4 members (excludes halogenated alkanes) is 1. The lowest BCUT2D eigenvalue weighted by molar-refractivity contribution is -0.143. The summed E-state index contributed by atoms with van der Waals surface area (Å²) in [4.78, 5) is 11.4. The summed E-state index contributed by atoms with van der Waals surface area (Å²) in [6, 6.07) is 0. The van der Waals surface area contributed by atoms with E-state index in [1.54, 1.807) is 0 Å². The van der Waals surface area contributed by atoms with Crippen LogP contribution in [0.25, 0.3) is 0 Å². The molecule has 0 unspecified atom stereocenters. The largest absolute Gasteiger partial charge is 0.466 e. The van der Waals surface area contributed by atoms with E-state index in [2.05, 4.69) is 0 Å². The van der Waals surface area contributed by atoms with Gasteiger partial charge in [0.2, 0.25) is 0 Å². The topological polar surface area (TPSA) is 50.1 Å². The molecule has 0 aliphatic heterocycles. The molecule has 4 heteroatoms. The first-order valence-corrected chi connectivity index (χ1v) is 8.48. The zero-order chi connectivity index (χ0) is 13.8. The van der Waals surface area contributed by atoms with Gasteiger partial charge in [0.05, 0.1) is 6.61 Å². The molecule has 0 atom stereocenters. The monoisotopic (exact) mass is 283 g/mol. The van der Waals surface area contributed by atoms with Crippen molar-refractivity contribution in [1.82, 2.24) is 0 Å². The Labute approximate surface area is 121 Å². The Morgan fingerprint density at radius 3 is 2.74 bits per heavy atom. The number of nitriles is 1. The van der Waals surface area contributed by atoms with Gasteiger partial charge in [0.25, 0.3) is 0 Å². The third kappa shape index (κ3) is 8.93. The van der Waals surface area contributed by atoms with Crippen molar-refractivity contribution in [3.63, 3.8) is 0 Å². The fourth-order valence-electron chi connectivity index (χ4n) is 2.60. The second-order valence-corrected chi connectivity index (χ2v) is 6.14. The zero-order valence-corrected chi connectivity index (χ0v) is 12.6. The molecule has 0 bridgehead atoms. The smallest absolute Gasteiger partial charge is 0.305 e. The second-order valence-electron chi connectivity index (χ2n) is 5.26. The van der Waals surface area contributed by atoms with E-state index in [1.165, 1.54) is 50.3 Å². The summed E-state index contributed by atoms with van der Waals surface area (Å²) in [6.45, 7) is 0.586. The second kappa shape index (κ2) is 11.2. The fourth-order valence-corrected chi connectivity index (χ4v) is 3.03. The molecule has 0 aromatic carbocycles. The predicted molar refractivity (Wildman–Crippen MR) is 78.7 cm³/mol. The van der Waals surface area contributed by atoms with Crippen LogP contribution in [0.15, 0.2) is 0 Å². The van der Waals surface area contributed by atoms with E-state index in [0.29, 0.717) is 13.0 Å². The summed E-state index contributed by atoms with van der Waals surface area (Å²) in [7, 11) is 0. The van der Waals surface area contributed by atoms with Gasteiger partial charge in [0.15, 0.2) is 0 Å². The van der Waals surface area contributed by atoms with E-state index in [4.69, 9.17) is 10.00 Å². The van der Waals surface area contributed by atoms with Gasteiger partial charge in [-0.2, -0.15) is 5.26 Å². The molecule has 1 rings (SSSR count). The summed E-state index contributed by atoms with van der Waals surface area (Å²) in [5.41, 5.74) is 0. The van der Waals surface area contributed by atoms with Crippen molar-refractivity contribution >= 4 is 17.7 Å². The van der Waals surface area contributed by atoms with Crippen LogP contribution in [0, 0.1) is 16.6 Å². The average Bonchev–Trinajstić information content (AvgIpc) is 2.44. The van der Waals surface area contributed by atoms with Gasteiger partial charge < -0.3 is 4.74 Å². The molecule has 19 heavy (non-hydrogen) atoms. The maximum Gasteiger partial charge on any atom is 0.305 e. The van der Waals surface area contributed by atoms with Gasteiger partial charge in [-0.1, -0.05) is 32.1 Å². The molecule has 3 nitrogen and oxygen atoms in total. The van der Waals surface area contributed by atoms with E-state index in [9.17, 15) is 4.79 Å². The molecule has 0 N–H and O–H groups in total. The van der Waals surface area contributed by atoms with E-state index < -0.39 is 0 Å². The molecule has 0 spiro atoms. The molecule has 1 fully saturated rings. The number of thioether (sulfide) groups is 1. The third-order valence-corrected chi connectivity index (χ3v) is 4.31. The first kappa shape index (κ1) is 16.4. The molecule has 1 saturated carbocycles. The van der Waals surface area contributed by atoms with Crippen molar-refractivity contribution in [2.45, 2.75) is 64.2 Å². The van der Waals surface area contributed by atoms with Gasteiger partial charge in [-0.25, -0.2) is 0 Å². The molecular weight excluding hydrogens is 258 g/mol. The van der Waals surface area contributed by atoms with Crippen molar-refractivity contribution < 1.29 is 9.53 Å². The summed E-state index contributed by atoms with van der Waals surface area (Å²) < 4.78 is 5.23. The van der Waals surface area contributed by atoms with E-state index in [-0.39, 0.29) is 5.97 Å². The molecule has 0 aromatic heterocycles. The highest BCUT2D eigenvalue weighted by atomic mass is 32.2. The summed E-state index contributed by atoms with van der Waals surface area (Å²) in [5, 5.41) is 10.4. The highest BCUT2D eigenvalue weighted by Gasteiger charge is 2.13. The lowest BCUT2D eigenvalue weighted by Gasteiger charge is -2.21. The Bertz CT molecular complexity index is 282. The Hall–Kier alpha value is -0.690. The highest BCUT2D eigenvalue weighted by Crippen LogP contribution is 2.27. The quantitative estimate of drug-likeness (QED) is 0.360. The van der Waals surface area contributed by atoms with Crippen molar-refractivity contribution in [1.29, 1.82) is 5.26 Å². The molecular formula is C15H25NO2S. The summed E-state index contributed by atoms with van der Waals surface area (Å²) >= 11 is 1.25. The fraction of sp³-hybridized carbons (Fsp3) is 0.867. The molecule has 108 valence electrons. The van der Waals surface area contributed by atoms with Crippen LogP contribution in [0.4, 0.5) is 0 Å². The Kier molecular flexibility index (Phi) is 9.61. The Morgan fingerprint density at radius 1 is 1.21 bits per heavy atom. The van der Waals surface area contributed by atoms with Crippen LogP contribution in [0.3, 0.4) is 0 Å². The van der Waals surface area contributed by atoms with Crippen LogP contribution in [-0.2, 0) is 9.53 Å². The van der Waals surface area contributed by atoms with Crippen LogP contribution in [0.1, 0.15) is 64.2 Å². The van der Waals surface area contributed by atoms with Crippen LogP contribution >= 0.6 is 11.8 Å². The highest BCUT2D eigenvalue weighted by molar-refractivity contribution is 8.03. The number of hydrogen-bond donors (Lipinski definition) is 0. The average molecular weight is 283 g/mol. The van der Waals surface area contributed by atoms with E-state index >= 15 is 0 Å². The number of ether oxygens (including phenoxy) is 1. The lowest BCUT2D eigenvalue weighted by Crippen LogP contribution is -2.10. The molecule has 1 aliphatic rings. The number of carbonyl (C=O) groups excluding carboxylic acids is 1. The normalized spacial score (nSPS) is 15.9. The third-order valence-electron chi connectivity index (χ3n) is 3.69. The molecule has 0 heterocycles. The van der Waals surface area contributed by atoms with Crippen molar-refractivity contribution in [3.8, 4) is 5.40 Å². The molecule has 0 aromatic rings. The predicted octanol–water partition coefficient (Wildman–Crippen LogP) is 4.27. The molecule has 0 amide bonds. The summed E-state index contributed by atoms with van der Waals surface area (Å²) in [6.07, 6.45) is 11.4.